The van der Waals surface area contributed by atoms with Crippen LogP contribution in [0.5, 0.6) is 11.5 Å². The standard InChI is InChI=1S/C16H14BrFN2O3/c17-11-7-14-15(23-6-5-22-14)8-13(11)20-16(21)19-9-10-3-1-2-4-12(10)18/h1-4,7-8H,5-6,9H2,(H2,19,20,21). The summed E-state index contributed by atoms with van der Waals surface area (Å²) in [5, 5.41) is 5.31. The van der Waals surface area contributed by atoms with Crippen molar-refractivity contribution in [3.05, 3.63) is 52.3 Å². The Kier molecular flexibility index (Phi) is 4.66. The maximum absolute atomic E-state index is 13.5. The van der Waals surface area contributed by atoms with Gasteiger partial charge in [0.15, 0.2) is 11.5 Å². The van der Waals surface area contributed by atoms with Crippen molar-refractivity contribution in [3.8, 4) is 11.5 Å². The molecule has 1 aliphatic heterocycles. The number of halogens is 2. The lowest BCUT2D eigenvalue weighted by atomic mass is 10.2. The summed E-state index contributed by atoms with van der Waals surface area (Å²) in [4.78, 5) is 12.0. The minimum atomic E-state index is -0.439. The van der Waals surface area contributed by atoms with E-state index in [1.807, 2.05) is 0 Å². The number of benzene rings is 2. The van der Waals surface area contributed by atoms with E-state index in [2.05, 4.69) is 26.6 Å². The van der Waals surface area contributed by atoms with Gasteiger partial charge in [-0.1, -0.05) is 18.2 Å². The first-order chi connectivity index (χ1) is 11.1. The number of rotatable bonds is 3. The van der Waals surface area contributed by atoms with Crippen molar-refractivity contribution in [2.45, 2.75) is 6.54 Å². The number of carbonyl (C=O) groups is 1. The van der Waals surface area contributed by atoms with Crippen molar-refractivity contribution < 1.29 is 18.7 Å². The van der Waals surface area contributed by atoms with Crippen LogP contribution in [-0.4, -0.2) is 19.2 Å². The average Bonchev–Trinajstić information content (AvgIpc) is 2.55. The third-order valence-corrected chi connectivity index (χ3v) is 3.93. The van der Waals surface area contributed by atoms with Crippen LogP contribution in [0.4, 0.5) is 14.9 Å². The van der Waals surface area contributed by atoms with Crippen molar-refractivity contribution >= 4 is 27.6 Å². The van der Waals surface area contributed by atoms with Crippen molar-refractivity contribution in [2.24, 2.45) is 0 Å². The minimum Gasteiger partial charge on any atom is -0.486 e. The Bertz CT molecular complexity index is 739. The molecule has 0 radical (unpaired) electrons. The van der Waals surface area contributed by atoms with E-state index in [4.69, 9.17) is 9.47 Å². The molecular formula is C16H14BrFN2O3. The molecule has 2 aromatic rings. The van der Waals surface area contributed by atoms with Crippen LogP contribution in [-0.2, 0) is 6.54 Å². The predicted molar refractivity (Wildman–Crippen MR) is 87.4 cm³/mol. The molecule has 0 bridgehead atoms. The number of ether oxygens (including phenoxy) is 2. The molecule has 7 heteroatoms. The summed E-state index contributed by atoms with van der Waals surface area (Å²) >= 11 is 3.37. The highest BCUT2D eigenvalue weighted by atomic mass is 79.9. The number of anilines is 1. The van der Waals surface area contributed by atoms with Gasteiger partial charge in [0.1, 0.15) is 19.0 Å². The molecule has 2 N–H and O–H groups in total. The zero-order chi connectivity index (χ0) is 16.2. The van der Waals surface area contributed by atoms with Gasteiger partial charge >= 0.3 is 6.03 Å². The van der Waals surface area contributed by atoms with E-state index in [1.54, 1.807) is 30.3 Å². The lowest BCUT2D eigenvalue weighted by molar-refractivity contribution is 0.171. The van der Waals surface area contributed by atoms with Gasteiger partial charge in [-0.3, -0.25) is 0 Å². The fourth-order valence-corrected chi connectivity index (χ4v) is 2.57. The lowest BCUT2D eigenvalue weighted by Gasteiger charge is -2.20. The fourth-order valence-electron chi connectivity index (χ4n) is 2.14. The highest BCUT2D eigenvalue weighted by Crippen LogP contribution is 2.38. The lowest BCUT2D eigenvalue weighted by Crippen LogP contribution is -2.28. The molecule has 0 aromatic heterocycles. The summed E-state index contributed by atoms with van der Waals surface area (Å²) in [7, 11) is 0. The second kappa shape index (κ2) is 6.87. The second-order valence-electron chi connectivity index (χ2n) is 4.87. The molecule has 0 atom stereocenters. The van der Waals surface area contributed by atoms with Crippen LogP contribution in [0.1, 0.15) is 5.56 Å². The molecule has 23 heavy (non-hydrogen) atoms. The Labute approximate surface area is 140 Å². The van der Waals surface area contributed by atoms with Crippen LogP contribution in [0.2, 0.25) is 0 Å². The molecule has 0 fully saturated rings. The largest absolute Gasteiger partial charge is 0.486 e. The first kappa shape index (κ1) is 15.6. The zero-order valence-corrected chi connectivity index (χ0v) is 13.7. The molecule has 5 nitrogen and oxygen atoms in total. The summed E-state index contributed by atoms with van der Waals surface area (Å²) in [5.74, 6) is 0.845. The molecule has 0 saturated heterocycles. The molecule has 120 valence electrons. The van der Waals surface area contributed by atoms with Crippen LogP contribution >= 0.6 is 15.9 Å². The molecule has 2 aromatic carbocycles. The third-order valence-electron chi connectivity index (χ3n) is 3.28. The quantitative estimate of drug-likeness (QED) is 0.853. The number of hydrogen-bond acceptors (Lipinski definition) is 3. The molecule has 2 amide bonds. The SMILES string of the molecule is O=C(NCc1ccccc1F)Nc1cc2c(cc1Br)OCCO2. The summed E-state index contributed by atoms with van der Waals surface area (Å²) in [6, 6.07) is 9.27. The molecule has 1 aliphatic rings. The number of urea groups is 1. The highest BCUT2D eigenvalue weighted by molar-refractivity contribution is 9.10. The maximum atomic E-state index is 13.5. The zero-order valence-electron chi connectivity index (χ0n) is 12.1. The van der Waals surface area contributed by atoms with Crippen LogP contribution < -0.4 is 20.1 Å². The third kappa shape index (κ3) is 3.73. The number of fused-ring (bicyclic) bond motifs is 1. The molecule has 0 unspecified atom stereocenters. The maximum Gasteiger partial charge on any atom is 0.319 e. The number of nitrogens with one attached hydrogen (secondary N) is 2. The smallest absolute Gasteiger partial charge is 0.319 e. The number of carbonyl (C=O) groups excluding carboxylic acids is 1. The molecule has 0 spiro atoms. The van der Waals surface area contributed by atoms with Crippen molar-refractivity contribution in [3.63, 3.8) is 0 Å². The molecule has 1 heterocycles. The Morgan fingerprint density at radius 1 is 1.17 bits per heavy atom. The number of hydrogen-bond donors (Lipinski definition) is 2. The summed E-state index contributed by atoms with van der Waals surface area (Å²) in [6.07, 6.45) is 0. The highest BCUT2D eigenvalue weighted by Gasteiger charge is 2.16. The van der Waals surface area contributed by atoms with Crippen LogP contribution in [0.25, 0.3) is 0 Å². The van der Waals surface area contributed by atoms with E-state index < -0.39 is 6.03 Å². The van der Waals surface area contributed by atoms with Gasteiger partial charge in [0, 0.05) is 28.7 Å². The van der Waals surface area contributed by atoms with Gasteiger partial charge in [-0.2, -0.15) is 0 Å². The first-order valence-corrected chi connectivity index (χ1v) is 7.80. The van der Waals surface area contributed by atoms with E-state index in [9.17, 15) is 9.18 Å². The fraction of sp³-hybridized carbons (Fsp3) is 0.188. The topological polar surface area (TPSA) is 59.6 Å². The summed E-state index contributed by atoms with van der Waals surface area (Å²) in [6.45, 7) is 1.06. The van der Waals surface area contributed by atoms with Gasteiger partial charge in [-0.15, -0.1) is 0 Å². The first-order valence-electron chi connectivity index (χ1n) is 7.01. The van der Waals surface area contributed by atoms with Gasteiger partial charge < -0.3 is 20.1 Å². The van der Waals surface area contributed by atoms with E-state index in [1.165, 1.54) is 6.07 Å². The van der Waals surface area contributed by atoms with Gasteiger partial charge in [0.05, 0.1) is 5.69 Å². The van der Waals surface area contributed by atoms with Gasteiger partial charge in [0.25, 0.3) is 0 Å². The van der Waals surface area contributed by atoms with Crippen molar-refractivity contribution in [1.82, 2.24) is 5.32 Å². The Morgan fingerprint density at radius 2 is 1.87 bits per heavy atom. The second-order valence-corrected chi connectivity index (χ2v) is 5.73. The van der Waals surface area contributed by atoms with E-state index in [0.29, 0.717) is 40.4 Å². The Balaban J connectivity index is 1.65. The van der Waals surface area contributed by atoms with Crippen molar-refractivity contribution in [1.29, 1.82) is 0 Å². The van der Waals surface area contributed by atoms with Gasteiger partial charge in [-0.25, -0.2) is 9.18 Å². The normalized spacial score (nSPS) is 12.6. The molecule has 3 rings (SSSR count). The Morgan fingerprint density at radius 3 is 2.61 bits per heavy atom. The van der Waals surface area contributed by atoms with Gasteiger partial charge in [-0.05, 0) is 22.0 Å². The van der Waals surface area contributed by atoms with Crippen LogP contribution in [0.3, 0.4) is 0 Å². The van der Waals surface area contributed by atoms with E-state index in [0.717, 1.165) is 0 Å². The molecule has 0 aliphatic carbocycles. The molecule has 0 saturated carbocycles. The van der Waals surface area contributed by atoms with Gasteiger partial charge in [0.2, 0.25) is 0 Å². The monoisotopic (exact) mass is 380 g/mol. The minimum absolute atomic E-state index is 0.0979. The Hall–Kier alpha value is -2.28. The average molecular weight is 381 g/mol. The van der Waals surface area contributed by atoms with E-state index in [-0.39, 0.29) is 12.4 Å². The summed E-state index contributed by atoms with van der Waals surface area (Å²) < 4.78 is 25.1. The van der Waals surface area contributed by atoms with E-state index >= 15 is 0 Å². The van der Waals surface area contributed by atoms with Crippen LogP contribution in [0, 0.1) is 5.82 Å². The molecular weight excluding hydrogens is 367 g/mol. The summed E-state index contributed by atoms with van der Waals surface area (Å²) in [5.41, 5.74) is 0.962. The van der Waals surface area contributed by atoms with Crippen LogP contribution in [0.15, 0.2) is 40.9 Å². The van der Waals surface area contributed by atoms with Crippen molar-refractivity contribution in [2.75, 3.05) is 18.5 Å². The predicted octanol–water partition coefficient (Wildman–Crippen LogP) is 3.68. The number of amides is 2.